The van der Waals surface area contributed by atoms with Gasteiger partial charge in [0, 0.05) is 25.6 Å². The highest BCUT2D eigenvalue weighted by molar-refractivity contribution is 5.85. The molecule has 2 amide bonds. The average Bonchev–Trinajstić information content (AvgIpc) is 3.20. The normalized spacial score (nSPS) is 25.4. The summed E-state index contributed by atoms with van der Waals surface area (Å²) in [5.41, 5.74) is 7.25. The summed E-state index contributed by atoms with van der Waals surface area (Å²) in [5.74, 6) is 0.321. The van der Waals surface area contributed by atoms with Crippen molar-refractivity contribution in [2.75, 3.05) is 13.1 Å². The van der Waals surface area contributed by atoms with Crippen LogP contribution in [0.1, 0.15) is 38.7 Å². The summed E-state index contributed by atoms with van der Waals surface area (Å²) in [6.07, 6.45) is 2.80. The highest BCUT2D eigenvalue weighted by Crippen LogP contribution is 2.16. The van der Waals surface area contributed by atoms with E-state index in [9.17, 15) is 14.0 Å². The van der Waals surface area contributed by atoms with Crippen LogP contribution < -0.4 is 16.2 Å². The van der Waals surface area contributed by atoms with Crippen LogP contribution in [0, 0.1) is 11.7 Å². The SMILES string of the molecule is CC(C)CC1CC(C(=O)NC2CC(=O)N(CCc3ccc(F)cc3)C2)NN1. The standard InChI is InChI=1S/C20H29FN4O2/c1-13(2)9-16-10-18(24-23-16)20(27)22-17-11-19(26)25(12-17)8-7-14-3-5-15(21)6-4-14/h3-6,13,16-18,23-24H,7-12H2,1-2H3,(H,22,27). The highest BCUT2D eigenvalue weighted by atomic mass is 19.1. The van der Waals surface area contributed by atoms with Crippen molar-refractivity contribution in [2.45, 2.75) is 57.7 Å². The first-order chi connectivity index (χ1) is 12.9. The number of benzene rings is 1. The summed E-state index contributed by atoms with van der Waals surface area (Å²) < 4.78 is 13.0. The number of hydrogen-bond acceptors (Lipinski definition) is 4. The predicted octanol–water partition coefficient (Wildman–Crippen LogP) is 1.37. The van der Waals surface area contributed by atoms with Gasteiger partial charge in [-0.2, -0.15) is 0 Å². The molecule has 2 saturated heterocycles. The van der Waals surface area contributed by atoms with E-state index in [0.717, 1.165) is 18.4 Å². The number of carbonyl (C=O) groups is 2. The van der Waals surface area contributed by atoms with Gasteiger partial charge in [0.15, 0.2) is 0 Å². The fourth-order valence-corrected chi connectivity index (χ4v) is 3.82. The zero-order chi connectivity index (χ0) is 19.4. The molecule has 2 aliphatic heterocycles. The van der Waals surface area contributed by atoms with Crippen molar-refractivity contribution in [2.24, 2.45) is 5.92 Å². The quantitative estimate of drug-likeness (QED) is 0.672. The van der Waals surface area contributed by atoms with Gasteiger partial charge in [-0.05, 0) is 42.9 Å². The van der Waals surface area contributed by atoms with Crippen molar-refractivity contribution in [3.05, 3.63) is 35.6 Å². The van der Waals surface area contributed by atoms with Crippen LogP contribution in [0.5, 0.6) is 0 Å². The van der Waals surface area contributed by atoms with Gasteiger partial charge in [0.05, 0.1) is 6.04 Å². The second-order valence-electron chi connectivity index (χ2n) is 8.03. The van der Waals surface area contributed by atoms with Crippen LogP contribution in [0.25, 0.3) is 0 Å². The first-order valence-electron chi connectivity index (χ1n) is 9.74. The summed E-state index contributed by atoms with van der Waals surface area (Å²) in [6, 6.07) is 6.24. The minimum atomic E-state index is -0.260. The maximum atomic E-state index is 13.0. The van der Waals surface area contributed by atoms with Crippen molar-refractivity contribution in [1.29, 1.82) is 0 Å². The van der Waals surface area contributed by atoms with E-state index in [1.54, 1.807) is 17.0 Å². The highest BCUT2D eigenvalue weighted by Gasteiger charge is 2.34. The van der Waals surface area contributed by atoms with Gasteiger partial charge < -0.3 is 10.2 Å². The summed E-state index contributed by atoms with van der Waals surface area (Å²) in [5, 5.41) is 3.01. The van der Waals surface area contributed by atoms with Gasteiger partial charge in [0.25, 0.3) is 0 Å². The zero-order valence-electron chi connectivity index (χ0n) is 16.0. The summed E-state index contributed by atoms with van der Waals surface area (Å²) in [6.45, 7) is 5.44. The molecule has 0 radical (unpaired) electrons. The number of hydrazine groups is 1. The van der Waals surface area contributed by atoms with Gasteiger partial charge in [-0.15, -0.1) is 0 Å². The molecule has 0 bridgehead atoms. The molecule has 3 N–H and O–H groups in total. The molecule has 3 rings (SSSR count). The Kier molecular flexibility index (Phi) is 6.44. The molecule has 2 aliphatic rings. The molecular formula is C20H29FN4O2. The van der Waals surface area contributed by atoms with Crippen LogP contribution in [-0.2, 0) is 16.0 Å². The van der Waals surface area contributed by atoms with Crippen molar-refractivity contribution in [3.63, 3.8) is 0 Å². The number of carbonyl (C=O) groups excluding carboxylic acids is 2. The number of halogens is 1. The van der Waals surface area contributed by atoms with Crippen molar-refractivity contribution in [1.82, 2.24) is 21.1 Å². The van der Waals surface area contributed by atoms with Gasteiger partial charge in [0.2, 0.25) is 11.8 Å². The molecule has 7 heteroatoms. The number of nitrogens with one attached hydrogen (secondary N) is 3. The average molecular weight is 376 g/mol. The lowest BCUT2D eigenvalue weighted by atomic mass is 9.99. The van der Waals surface area contributed by atoms with E-state index >= 15 is 0 Å². The maximum Gasteiger partial charge on any atom is 0.238 e. The topological polar surface area (TPSA) is 73.5 Å². The second-order valence-corrected chi connectivity index (χ2v) is 8.03. The molecule has 148 valence electrons. The predicted molar refractivity (Wildman–Crippen MR) is 101 cm³/mol. The van der Waals surface area contributed by atoms with Crippen LogP contribution in [-0.4, -0.2) is 47.9 Å². The van der Waals surface area contributed by atoms with E-state index in [-0.39, 0.29) is 29.7 Å². The number of nitrogens with zero attached hydrogens (tertiary/aromatic N) is 1. The fraction of sp³-hybridized carbons (Fsp3) is 0.600. The molecule has 6 nitrogen and oxygen atoms in total. The van der Waals surface area contributed by atoms with Gasteiger partial charge in [-0.25, -0.2) is 9.82 Å². The molecular weight excluding hydrogens is 347 g/mol. The van der Waals surface area contributed by atoms with Crippen molar-refractivity contribution in [3.8, 4) is 0 Å². The Morgan fingerprint density at radius 1 is 1.30 bits per heavy atom. The van der Waals surface area contributed by atoms with Crippen LogP contribution in [0.15, 0.2) is 24.3 Å². The number of rotatable bonds is 7. The summed E-state index contributed by atoms with van der Waals surface area (Å²) >= 11 is 0. The fourth-order valence-electron chi connectivity index (χ4n) is 3.82. The van der Waals surface area contributed by atoms with Crippen molar-refractivity contribution >= 4 is 11.8 Å². The molecule has 1 aromatic rings. The molecule has 2 heterocycles. The third kappa shape index (κ3) is 5.49. The lowest BCUT2D eigenvalue weighted by Gasteiger charge is -2.18. The molecule has 0 saturated carbocycles. The van der Waals surface area contributed by atoms with Crippen LogP contribution in [0.4, 0.5) is 4.39 Å². The van der Waals surface area contributed by atoms with Crippen LogP contribution in [0.3, 0.4) is 0 Å². The van der Waals surface area contributed by atoms with E-state index in [0.29, 0.717) is 37.9 Å². The molecule has 27 heavy (non-hydrogen) atoms. The first kappa shape index (κ1) is 19.8. The van der Waals surface area contributed by atoms with Gasteiger partial charge in [-0.3, -0.25) is 15.0 Å². The molecule has 0 aliphatic carbocycles. The summed E-state index contributed by atoms with van der Waals surface area (Å²) in [7, 11) is 0. The summed E-state index contributed by atoms with van der Waals surface area (Å²) in [4.78, 5) is 26.5. The smallest absolute Gasteiger partial charge is 0.238 e. The van der Waals surface area contributed by atoms with E-state index in [2.05, 4.69) is 30.0 Å². The minimum Gasteiger partial charge on any atom is -0.350 e. The third-order valence-electron chi connectivity index (χ3n) is 5.20. The zero-order valence-corrected chi connectivity index (χ0v) is 16.0. The molecule has 0 aromatic heterocycles. The Bertz CT molecular complexity index is 664. The van der Waals surface area contributed by atoms with Gasteiger partial charge in [-0.1, -0.05) is 26.0 Å². The van der Waals surface area contributed by atoms with E-state index in [1.807, 2.05) is 0 Å². The van der Waals surface area contributed by atoms with Gasteiger partial charge >= 0.3 is 0 Å². The number of hydrogen-bond donors (Lipinski definition) is 3. The van der Waals surface area contributed by atoms with E-state index < -0.39 is 0 Å². The molecule has 2 fully saturated rings. The van der Waals surface area contributed by atoms with Crippen molar-refractivity contribution < 1.29 is 14.0 Å². The van der Waals surface area contributed by atoms with Crippen LogP contribution >= 0.6 is 0 Å². The molecule has 1 aromatic carbocycles. The van der Waals surface area contributed by atoms with E-state index in [1.165, 1.54) is 12.1 Å². The lowest BCUT2D eigenvalue weighted by molar-refractivity contribution is -0.127. The Hall–Kier alpha value is -1.99. The minimum absolute atomic E-state index is 0.0491. The number of amides is 2. The first-order valence-corrected chi connectivity index (χ1v) is 9.74. The Labute approximate surface area is 159 Å². The maximum absolute atomic E-state index is 13.0. The molecule has 3 unspecified atom stereocenters. The Balaban J connectivity index is 1.43. The Morgan fingerprint density at radius 2 is 2.04 bits per heavy atom. The Morgan fingerprint density at radius 3 is 2.74 bits per heavy atom. The van der Waals surface area contributed by atoms with Crippen LogP contribution in [0.2, 0.25) is 0 Å². The lowest BCUT2D eigenvalue weighted by Crippen LogP contribution is -2.47. The largest absolute Gasteiger partial charge is 0.350 e. The van der Waals surface area contributed by atoms with E-state index in [4.69, 9.17) is 0 Å². The number of likely N-dealkylation sites (tertiary alicyclic amines) is 1. The molecule has 3 atom stereocenters. The molecule has 0 spiro atoms. The third-order valence-corrected chi connectivity index (χ3v) is 5.20. The second kappa shape index (κ2) is 8.80. The monoisotopic (exact) mass is 376 g/mol. The van der Waals surface area contributed by atoms with Gasteiger partial charge in [0.1, 0.15) is 11.9 Å².